The number of hydrogen-bond donors (Lipinski definition) is 4. The standard InChI is InChI=1S/C34H39N5O6/c40-31-21-29(34(43)36-22-25-10-12-26(13-11-25)23-39-15-18-44-19-16-39)38-32(41)27-8-4-5-9-30(27)45-17-14-35-33(42)28(37-31)20-24-6-2-1-3-7-24/h1-13,28-29H,14-23H2,(H,35,42)(H,36,43)(H,37,40)(H,38,41)/t28-,29-/m0/s1. The van der Waals surface area contributed by atoms with Crippen LogP contribution >= 0.6 is 0 Å². The molecule has 0 saturated carbocycles. The van der Waals surface area contributed by atoms with E-state index in [9.17, 15) is 19.2 Å². The number of hydrogen-bond acceptors (Lipinski definition) is 7. The third-order valence-corrected chi connectivity index (χ3v) is 7.74. The predicted molar refractivity (Wildman–Crippen MR) is 167 cm³/mol. The van der Waals surface area contributed by atoms with Gasteiger partial charge in [-0.2, -0.15) is 0 Å². The van der Waals surface area contributed by atoms with Crippen molar-refractivity contribution in [2.24, 2.45) is 0 Å². The summed E-state index contributed by atoms with van der Waals surface area (Å²) >= 11 is 0. The molecule has 0 bridgehead atoms. The molecule has 4 amide bonds. The predicted octanol–water partition coefficient (Wildman–Crippen LogP) is 1.56. The molecule has 1 saturated heterocycles. The van der Waals surface area contributed by atoms with Crippen LogP contribution in [0.4, 0.5) is 0 Å². The van der Waals surface area contributed by atoms with Crippen LogP contribution in [-0.2, 0) is 38.6 Å². The maximum atomic E-state index is 13.4. The number of carbonyl (C=O) groups is 4. The first kappa shape index (κ1) is 31.7. The SMILES string of the molecule is O=C1C[C@@H](C(=O)NCc2ccc(CN3CCOCC3)cc2)NC(=O)c2ccccc2OCCNC(=O)[C@H](Cc2ccccc2)N1. The fraction of sp³-hybridized carbons (Fsp3) is 0.353. The van der Waals surface area contributed by atoms with Gasteiger partial charge in [-0.25, -0.2) is 0 Å². The third kappa shape index (κ3) is 9.37. The summed E-state index contributed by atoms with van der Waals surface area (Å²) in [6.07, 6.45) is -0.107. The molecule has 0 aliphatic carbocycles. The lowest BCUT2D eigenvalue weighted by Gasteiger charge is -2.26. The van der Waals surface area contributed by atoms with Gasteiger partial charge in [-0.1, -0.05) is 66.7 Å². The van der Waals surface area contributed by atoms with Crippen molar-refractivity contribution in [3.8, 4) is 5.75 Å². The lowest BCUT2D eigenvalue weighted by Crippen LogP contribution is -2.53. The maximum absolute atomic E-state index is 13.4. The number of para-hydroxylation sites is 1. The van der Waals surface area contributed by atoms with Gasteiger partial charge >= 0.3 is 0 Å². The van der Waals surface area contributed by atoms with Crippen LogP contribution in [0.25, 0.3) is 0 Å². The number of nitrogens with zero attached hydrogens (tertiary/aromatic N) is 1. The molecule has 1 fully saturated rings. The number of fused-ring (bicyclic) bond motifs is 1. The Labute approximate surface area is 262 Å². The zero-order chi connectivity index (χ0) is 31.4. The van der Waals surface area contributed by atoms with Crippen LogP contribution in [0.15, 0.2) is 78.9 Å². The van der Waals surface area contributed by atoms with Crippen molar-refractivity contribution in [1.29, 1.82) is 0 Å². The smallest absolute Gasteiger partial charge is 0.255 e. The minimum Gasteiger partial charge on any atom is -0.491 e. The first-order valence-electron chi connectivity index (χ1n) is 15.2. The van der Waals surface area contributed by atoms with Gasteiger partial charge in [-0.05, 0) is 28.8 Å². The van der Waals surface area contributed by atoms with E-state index in [1.165, 1.54) is 0 Å². The van der Waals surface area contributed by atoms with Crippen molar-refractivity contribution >= 4 is 23.6 Å². The van der Waals surface area contributed by atoms with Crippen LogP contribution in [-0.4, -0.2) is 80.1 Å². The Morgan fingerprint density at radius 3 is 2.31 bits per heavy atom. The normalized spacial score (nSPS) is 20.0. The highest BCUT2D eigenvalue weighted by atomic mass is 16.5. The van der Waals surface area contributed by atoms with Crippen LogP contribution in [0.3, 0.4) is 0 Å². The molecule has 2 heterocycles. The Hall–Kier alpha value is -4.74. The number of benzene rings is 3. The number of amides is 4. The van der Waals surface area contributed by atoms with E-state index >= 15 is 0 Å². The van der Waals surface area contributed by atoms with E-state index in [4.69, 9.17) is 9.47 Å². The quantitative estimate of drug-likeness (QED) is 0.317. The number of nitrogens with one attached hydrogen (secondary N) is 4. The molecule has 11 heteroatoms. The average molecular weight is 614 g/mol. The van der Waals surface area contributed by atoms with Crippen molar-refractivity contribution in [3.63, 3.8) is 0 Å². The molecule has 5 rings (SSSR count). The second-order valence-electron chi connectivity index (χ2n) is 11.1. The van der Waals surface area contributed by atoms with Gasteiger partial charge in [0.25, 0.3) is 5.91 Å². The minimum atomic E-state index is -1.20. The summed E-state index contributed by atoms with van der Waals surface area (Å²) in [5.41, 5.74) is 3.13. The van der Waals surface area contributed by atoms with E-state index in [1.54, 1.807) is 24.3 Å². The molecular weight excluding hydrogens is 574 g/mol. The van der Waals surface area contributed by atoms with Crippen molar-refractivity contribution < 1.29 is 28.7 Å². The highest BCUT2D eigenvalue weighted by molar-refractivity contribution is 6.01. The molecule has 0 radical (unpaired) electrons. The summed E-state index contributed by atoms with van der Waals surface area (Å²) < 4.78 is 11.2. The Bertz CT molecular complexity index is 1460. The van der Waals surface area contributed by atoms with Crippen LogP contribution in [0, 0.1) is 0 Å². The van der Waals surface area contributed by atoms with Crippen molar-refractivity contribution in [2.75, 3.05) is 39.5 Å². The molecule has 3 aromatic carbocycles. The molecule has 2 aliphatic heterocycles. The van der Waals surface area contributed by atoms with E-state index in [2.05, 4.69) is 26.2 Å². The first-order chi connectivity index (χ1) is 21.9. The Balaban J connectivity index is 1.29. The number of rotatable bonds is 7. The zero-order valence-electron chi connectivity index (χ0n) is 25.1. The number of morpholine rings is 1. The average Bonchev–Trinajstić information content (AvgIpc) is 3.06. The molecule has 2 atom stereocenters. The topological polar surface area (TPSA) is 138 Å². The van der Waals surface area contributed by atoms with Crippen molar-refractivity contribution in [1.82, 2.24) is 26.2 Å². The molecule has 11 nitrogen and oxygen atoms in total. The van der Waals surface area contributed by atoms with Gasteiger partial charge in [0.2, 0.25) is 17.7 Å². The van der Waals surface area contributed by atoms with Crippen molar-refractivity contribution in [3.05, 3.63) is 101 Å². The zero-order valence-corrected chi connectivity index (χ0v) is 25.1. The number of carbonyl (C=O) groups excluding carboxylic acids is 4. The molecule has 4 N–H and O–H groups in total. The van der Waals surface area contributed by atoms with Gasteiger partial charge < -0.3 is 30.7 Å². The minimum absolute atomic E-state index is 0.108. The van der Waals surface area contributed by atoms with Crippen LogP contribution in [0.1, 0.15) is 33.5 Å². The monoisotopic (exact) mass is 613 g/mol. The summed E-state index contributed by atoms with van der Waals surface area (Å²) in [6.45, 7) is 4.58. The van der Waals surface area contributed by atoms with E-state index in [0.717, 1.165) is 49.5 Å². The molecule has 45 heavy (non-hydrogen) atoms. The lowest BCUT2D eigenvalue weighted by atomic mass is 10.0. The fourth-order valence-electron chi connectivity index (χ4n) is 5.27. The van der Waals surface area contributed by atoms with Gasteiger partial charge in [-0.15, -0.1) is 0 Å². The Kier molecular flexibility index (Phi) is 11.1. The molecule has 3 aromatic rings. The van der Waals surface area contributed by atoms with E-state index in [0.29, 0.717) is 5.75 Å². The fourth-order valence-corrected chi connectivity index (χ4v) is 5.27. The van der Waals surface area contributed by atoms with Crippen LogP contribution in [0.5, 0.6) is 5.75 Å². The largest absolute Gasteiger partial charge is 0.491 e. The summed E-state index contributed by atoms with van der Waals surface area (Å²) in [6, 6.07) is 21.9. The molecule has 0 spiro atoms. The van der Waals surface area contributed by atoms with Crippen molar-refractivity contribution in [2.45, 2.75) is 38.0 Å². The maximum Gasteiger partial charge on any atom is 0.255 e. The Morgan fingerprint density at radius 2 is 1.53 bits per heavy atom. The second kappa shape index (κ2) is 15.8. The summed E-state index contributed by atoms with van der Waals surface area (Å²) in [5, 5.41) is 11.1. The molecule has 236 valence electrons. The highest BCUT2D eigenvalue weighted by Crippen LogP contribution is 2.18. The van der Waals surface area contributed by atoms with Gasteiger partial charge in [-0.3, -0.25) is 24.1 Å². The van der Waals surface area contributed by atoms with Crippen LogP contribution in [0.2, 0.25) is 0 Å². The van der Waals surface area contributed by atoms with Gasteiger partial charge in [0.05, 0.1) is 31.7 Å². The second-order valence-corrected chi connectivity index (χ2v) is 11.1. The molecular formula is C34H39N5O6. The van der Waals surface area contributed by atoms with E-state index in [1.807, 2.05) is 54.6 Å². The third-order valence-electron chi connectivity index (χ3n) is 7.74. The molecule has 2 aliphatic rings. The molecule has 0 aromatic heterocycles. The Morgan fingerprint density at radius 1 is 0.822 bits per heavy atom. The first-order valence-corrected chi connectivity index (χ1v) is 15.2. The highest BCUT2D eigenvalue weighted by Gasteiger charge is 2.29. The lowest BCUT2D eigenvalue weighted by molar-refractivity contribution is -0.131. The van der Waals surface area contributed by atoms with Gasteiger partial charge in [0, 0.05) is 32.6 Å². The summed E-state index contributed by atoms with van der Waals surface area (Å²) in [7, 11) is 0. The molecule has 0 unspecified atom stereocenters. The van der Waals surface area contributed by atoms with Gasteiger partial charge in [0.15, 0.2) is 0 Å². The summed E-state index contributed by atoms with van der Waals surface area (Å²) in [4.78, 5) is 55.5. The van der Waals surface area contributed by atoms with E-state index in [-0.39, 0.29) is 44.0 Å². The van der Waals surface area contributed by atoms with Crippen LogP contribution < -0.4 is 26.0 Å². The number of ether oxygens (including phenoxy) is 2. The van der Waals surface area contributed by atoms with E-state index < -0.39 is 29.8 Å². The summed E-state index contributed by atoms with van der Waals surface area (Å²) in [5.74, 6) is -1.68. The van der Waals surface area contributed by atoms with Gasteiger partial charge in [0.1, 0.15) is 24.4 Å².